The van der Waals surface area contributed by atoms with Gasteiger partial charge in [-0.1, -0.05) is 102 Å². The van der Waals surface area contributed by atoms with E-state index in [4.69, 9.17) is 0 Å². The third-order valence-corrected chi connectivity index (χ3v) is 5.22. The molecule has 0 N–H and O–H groups in total. The second kappa shape index (κ2) is 11.1. The molecule has 2 aliphatic rings. The van der Waals surface area contributed by atoms with Crippen molar-refractivity contribution >= 4 is 7.28 Å². The quantitative estimate of drug-likeness (QED) is 0.649. The minimum Gasteiger partial charge on any atom is -1.00 e. The van der Waals surface area contributed by atoms with Gasteiger partial charge in [0.15, 0.2) is 0 Å². The Bertz CT molecular complexity index is 165. The number of rotatable bonds is 1. The van der Waals surface area contributed by atoms with Crippen LogP contribution in [-0.2, 0) is 0 Å². The molecule has 1 saturated carbocycles. The molecule has 1 radical (unpaired) electrons. The summed E-state index contributed by atoms with van der Waals surface area (Å²) in [4.78, 5) is 0. The molecular formula is C17H32BCl-. The van der Waals surface area contributed by atoms with E-state index in [1.54, 1.807) is 0 Å². The first-order chi connectivity index (χ1) is 8.97. The summed E-state index contributed by atoms with van der Waals surface area (Å²) in [5.74, 6) is 2.02. The van der Waals surface area contributed by atoms with Crippen LogP contribution in [0.5, 0.6) is 0 Å². The van der Waals surface area contributed by atoms with Crippen LogP contribution < -0.4 is 12.4 Å². The van der Waals surface area contributed by atoms with Crippen LogP contribution in [-0.4, -0.2) is 7.28 Å². The summed E-state index contributed by atoms with van der Waals surface area (Å²) in [5, 5.41) is 0. The first-order valence-electron chi connectivity index (χ1n) is 8.80. The van der Waals surface area contributed by atoms with Crippen molar-refractivity contribution in [3.05, 3.63) is 0 Å². The van der Waals surface area contributed by atoms with Gasteiger partial charge >= 0.3 is 0 Å². The number of hydrogen-bond donors (Lipinski definition) is 0. The van der Waals surface area contributed by atoms with Crippen molar-refractivity contribution in [3.8, 4) is 0 Å². The fraction of sp³-hybridized carbons (Fsp3) is 1.00. The molecule has 2 rings (SSSR count). The highest BCUT2D eigenvalue weighted by molar-refractivity contribution is 6.37. The van der Waals surface area contributed by atoms with Crippen LogP contribution in [0.15, 0.2) is 0 Å². The lowest BCUT2D eigenvalue weighted by atomic mass is 9.54. The minimum atomic E-state index is 0. The number of halogens is 1. The van der Waals surface area contributed by atoms with Crippen molar-refractivity contribution in [2.45, 2.75) is 102 Å². The Morgan fingerprint density at radius 3 is 1.63 bits per heavy atom. The van der Waals surface area contributed by atoms with E-state index in [1.165, 1.54) is 96.2 Å². The molecule has 1 aliphatic heterocycles. The third kappa shape index (κ3) is 7.07. The summed E-state index contributed by atoms with van der Waals surface area (Å²) in [6.45, 7) is 0. The predicted octanol–water partition coefficient (Wildman–Crippen LogP) is 3.01. The Hall–Kier alpha value is 0.355. The molecule has 1 atom stereocenters. The molecule has 1 saturated heterocycles. The van der Waals surface area contributed by atoms with Crippen LogP contribution in [0.2, 0.25) is 12.1 Å². The summed E-state index contributed by atoms with van der Waals surface area (Å²) in [7, 11) is 2.73. The molecule has 0 spiro atoms. The maximum Gasteiger partial charge on any atom is 0.113 e. The highest BCUT2D eigenvalue weighted by Crippen LogP contribution is 2.36. The monoisotopic (exact) mass is 282 g/mol. The van der Waals surface area contributed by atoms with Crippen LogP contribution in [0.1, 0.15) is 89.9 Å². The van der Waals surface area contributed by atoms with Gasteiger partial charge in [-0.25, -0.2) is 0 Å². The van der Waals surface area contributed by atoms with Crippen LogP contribution in [0, 0.1) is 5.92 Å². The van der Waals surface area contributed by atoms with Crippen molar-refractivity contribution in [2.24, 2.45) is 5.92 Å². The number of hydrogen-bond acceptors (Lipinski definition) is 0. The van der Waals surface area contributed by atoms with E-state index in [2.05, 4.69) is 7.28 Å². The Morgan fingerprint density at radius 1 is 0.526 bits per heavy atom. The average molecular weight is 283 g/mol. The topological polar surface area (TPSA) is 0 Å². The summed E-state index contributed by atoms with van der Waals surface area (Å²) >= 11 is 0. The van der Waals surface area contributed by atoms with Gasteiger partial charge in [0.05, 0.1) is 0 Å². The zero-order valence-electron chi connectivity index (χ0n) is 12.7. The first kappa shape index (κ1) is 17.4. The third-order valence-electron chi connectivity index (χ3n) is 5.22. The highest BCUT2D eigenvalue weighted by Gasteiger charge is 2.22. The molecule has 0 nitrogen and oxygen atoms in total. The molecule has 111 valence electrons. The molecule has 2 heteroatoms. The van der Waals surface area contributed by atoms with E-state index in [0.29, 0.717) is 0 Å². The van der Waals surface area contributed by atoms with Gasteiger partial charge < -0.3 is 12.4 Å². The van der Waals surface area contributed by atoms with Crippen LogP contribution in [0.3, 0.4) is 0 Å². The van der Waals surface area contributed by atoms with Gasteiger partial charge in [-0.05, 0) is 5.92 Å². The first-order valence-corrected chi connectivity index (χ1v) is 8.80. The van der Waals surface area contributed by atoms with Gasteiger partial charge in [0, 0.05) is 0 Å². The molecule has 0 amide bonds. The van der Waals surface area contributed by atoms with E-state index in [0.717, 1.165) is 11.7 Å². The van der Waals surface area contributed by atoms with Crippen molar-refractivity contribution in [1.82, 2.24) is 0 Å². The van der Waals surface area contributed by atoms with E-state index < -0.39 is 0 Å². The van der Waals surface area contributed by atoms with E-state index in [9.17, 15) is 0 Å². The molecule has 0 bridgehead atoms. The van der Waals surface area contributed by atoms with Crippen LogP contribution >= 0.6 is 0 Å². The average Bonchev–Trinajstić information content (AvgIpc) is 2.61. The Balaban J connectivity index is 0.00000180. The Morgan fingerprint density at radius 2 is 1.00 bits per heavy atom. The van der Waals surface area contributed by atoms with E-state index in [1.807, 2.05) is 0 Å². The highest BCUT2D eigenvalue weighted by atomic mass is 35.5. The lowest BCUT2D eigenvalue weighted by Crippen LogP contribution is -3.00. The zero-order chi connectivity index (χ0) is 12.5. The zero-order valence-corrected chi connectivity index (χ0v) is 13.5. The van der Waals surface area contributed by atoms with E-state index in [-0.39, 0.29) is 12.4 Å². The maximum absolute atomic E-state index is 2.73. The summed E-state index contributed by atoms with van der Waals surface area (Å²) in [6, 6.07) is 0. The maximum atomic E-state index is 2.73. The normalized spacial score (nSPS) is 28.3. The molecule has 2 fully saturated rings. The van der Waals surface area contributed by atoms with Gasteiger partial charge in [0.1, 0.15) is 7.28 Å². The minimum absolute atomic E-state index is 0. The molecule has 0 aromatic heterocycles. The summed E-state index contributed by atoms with van der Waals surface area (Å²) in [6.07, 6.45) is 22.4. The Labute approximate surface area is 128 Å². The second-order valence-electron chi connectivity index (χ2n) is 6.70. The molecule has 0 aromatic rings. The van der Waals surface area contributed by atoms with Gasteiger partial charge in [-0.15, -0.1) is 0 Å². The largest absolute Gasteiger partial charge is 1.00 e. The van der Waals surface area contributed by atoms with Gasteiger partial charge in [-0.2, -0.15) is 0 Å². The molecular weight excluding hydrogens is 250 g/mol. The fourth-order valence-electron chi connectivity index (χ4n) is 4.03. The molecule has 1 aliphatic carbocycles. The molecule has 19 heavy (non-hydrogen) atoms. The smallest absolute Gasteiger partial charge is 0.113 e. The lowest BCUT2D eigenvalue weighted by Gasteiger charge is -2.26. The van der Waals surface area contributed by atoms with Crippen LogP contribution in [0.4, 0.5) is 0 Å². The standard InChI is InChI=1S/C17H32B.ClH/c1-2-5-9-13-16(12-8-4-1)17-14-10-6-3-7-11-15-18-17;/h16-17H,1-15H2;1H/p-1. The van der Waals surface area contributed by atoms with Crippen molar-refractivity contribution in [3.63, 3.8) is 0 Å². The van der Waals surface area contributed by atoms with E-state index >= 15 is 0 Å². The van der Waals surface area contributed by atoms with Gasteiger partial charge in [0.2, 0.25) is 0 Å². The molecule has 0 aromatic carbocycles. The Kier molecular flexibility index (Phi) is 10.1. The molecule has 1 heterocycles. The fourth-order valence-corrected chi connectivity index (χ4v) is 4.03. The van der Waals surface area contributed by atoms with Crippen molar-refractivity contribution in [2.75, 3.05) is 0 Å². The lowest BCUT2D eigenvalue weighted by molar-refractivity contribution is -0.00000383. The predicted molar refractivity (Wildman–Crippen MR) is 82.4 cm³/mol. The summed E-state index contributed by atoms with van der Waals surface area (Å²) in [5.41, 5.74) is 0. The molecule has 1 unspecified atom stereocenters. The SMILES string of the molecule is [B]1CCCCCCCC1C1CCCCCCCC1.[Cl-]. The summed E-state index contributed by atoms with van der Waals surface area (Å²) < 4.78 is 0. The van der Waals surface area contributed by atoms with Gasteiger partial charge in [-0.3, -0.25) is 0 Å². The second-order valence-corrected chi connectivity index (χ2v) is 6.70. The van der Waals surface area contributed by atoms with Crippen LogP contribution in [0.25, 0.3) is 0 Å². The van der Waals surface area contributed by atoms with Gasteiger partial charge in [0.25, 0.3) is 0 Å². The van der Waals surface area contributed by atoms with Crippen molar-refractivity contribution < 1.29 is 12.4 Å². The van der Waals surface area contributed by atoms with Crippen molar-refractivity contribution in [1.29, 1.82) is 0 Å².